The highest BCUT2D eigenvalue weighted by Gasteiger charge is 2.40. The Kier molecular flexibility index (Phi) is 5.36. The highest BCUT2D eigenvalue weighted by molar-refractivity contribution is 7.89. The van der Waals surface area contributed by atoms with Crippen molar-refractivity contribution in [3.63, 3.8) is 0 Å². The van der Waals surface area contributed by atoms with E-state index >= 15 is 0 Å². The topological polar surface area (TPSA) is 78.5 Å². The molecule has 30 heavy (non-hydrogen) atoms. The number of amides is 1. The van der Waals surface area contributed by atoms with Gasteiger partial charge in [-0.25, -0.2) is 8.42 Å². The molecule has 2 fully saturated rings. The molecule has 0 aliphatic carbocycles. The molecular weight excluding hydrogens is 402 g/mol. The lowest BCUT2D eigenvalue weighted by atomic mass is 10.1. The van der Waals surface area contributed by atoms with Crippen molar-refractivity contribution < 1.29 is 13.2 Å². The summed E-state index contributed by atoms with van der Waals surface area (Å²) in [4.78, 5) is 16.7. The zero-order valence-electron chi connectivity index (χ0n) is 18.0. The summed E-state index contributed by atoms with van der Waals surface area (Å²) >= 11 is 0. The van der Waals surface area contributed by atoms with E-state index in [1.807, 2.05) is 19.9 Å². The van der Waals surface area contributed by atoms with Crippen LogP contribution in [0.3, 0.4) is 0 Å². The number of sulfonamides is 1. The van der Waals surface area contributed by atoms with Crippen molar-refractivity contribution in [3.8, 4) is 0 Å². The minimum Gasteiger partial charge on any atom is -0.369 e. The maximum atomic E-state index is 13.4. The zero-order chi connectivity index (χ0) is 21.6. The molecular formula is C21H29N5O3S. The molecule has 3 heterocycles. The lowest BCUT2D eigenvalue weighted by molar-refractivity contribution is 0.0872. The van der Waals surface area contributed by atoms with E-state index in [2.05, 4.69) is 36.0 Å². The Balaban J connectivity index is 1.56. The van der Waals surface area contributed by atoms with Gasteiger partial charge in [-0.1, -0.05) is 12.1 Å². The van der Waals surface area contributed by atoms with E-state index in [0.29, 0.717) is 39.3 Å². The van der Waals surface area contributed by atoms with Gasteiger partial charge < -0.3 is 9.80 Å². The molecule has 8 nitrogen and oxygen atoms in total. The Morgan fingerprint density at radius 2 is 1.83 bits per heavy atom. The van der Waals surface area contributed by atoms with Crippen molar-refractivity contribution in [3.05, 3.63) is 41.1 Å². The van der Waals surface area contributed by atoms with Crippen molar-refractivity contribution in [1.82, 2.24) is 19.0 Å². The van der Waals surface area contributed by atoms with Gasteiger partial charge in [-0.15, -0.1) is 0 Å². The van der Waals surface area contributed by atoms with Crippen LogP contribution >= 0.6 is 0 Å². The normalized spacial score (nSPS) is 19.9. The molecule has 1 atom stereocenters. The van der Waals surface area contributed by atoms with Gasteiger partial charge >= 0.3 is 0 Å². The molecule has 0 spiro atoms. The van der Waals surface area contributed by atoms with Crippen LogP contribution in [-0.4, -0.2) is 72.1 Å². The molecule has 0 N–H and O–H groups in total. The summed E-state index contributed by atoms with van der Waals surface area (Å²) in [7, 11) is -3.85. The first-order valence-electron chi connectivity index (χ1n) is 10.4. The summed E-state index contributed by atoms with van der Waals surface area (Å²) in [6.07, 6.45) is 1.56. The van der Waals surface area contributed by atoms with E-state index in [1.54, 1.807) is 11.1 Å². The predicted octanol–water partition coefficient (Wildman–Crippen LogP) is 1.88. The number of nitrogens with zero attached hydrogens (tertiary/aromatic N) is 5. The molecule has 1 unspecified atom stereocenters. The predicted molar refractivity (Wildman–Crippen MR) is 115 cm³/mol. The average Bonchev–Trinajstić information content (AvgIpc) is 3.30. The van der Waals surface area contributed by atoms with Crippen molar-refractivity contribution in [2.45, 2.75) is 45.3 Å². The Morgan fingerprint density at radius 1 is 1.17 bits per heavy atom. The average molecular weight is 432 g/mol. The fourth-order valence-corrected chi connectivity index (χ4v) is 5.46. The van der Waals surface area contributed by atoms with E-state index in [-0.39, 0.29) is 22.5 Å². The highest BCUT2D eigenvalue weighted by atomic mass is 32.2. The van der Waals surface area contributed by atoms with Gasteiger partial charge in [0.25, 0.3) is 15.9 Å². The van der Waals surface area contributed by atoms with E-state index in [9.17, 15) is 13.2 Å². The Bertz CT molecular complexity index is 1070. The molecule has 2 aliphatic rings. The first-order chi connectivity index (χ1) is 14.2. The monoisotopic (exact) mass is 431 g/mol. The molecule has 9 heteroatoms. The lowest BCUT2D eigenvalue weighted by Gasteiger charge is -2.36. The fourth-order valence-electron chi connectivity index (χ4n) is 3.95. The SMILES string of the molecule is CCn1cc(C(=O)N2CC2C)c(S(=O)(=O)N2CCN(c3cccc(C)c3C)CC2)n1. The van der Waals surface area contributed by atoms with Crippen LogP contribution < -0.4 is 4.90 Å². The molecule has 2 saturated heterocycles. The number of rotatable bonds is 5. The summed E-state index contributed by atoms with van der Waals surface area (Å²) in [5, 5.41) is 4.14. The fraction of sp³-hybridized carbons (Fsp3) is 0.524. The number of carbonyl (C=O) groups is 1. The van der Waals surface area contributed by atoms with Gasteiger partial charge in [0, 0.05) is 57.2 Å². The number of piperazine rings is 1. The highest BCUT2D eigenvalue weighted by Crippen LogP contribution is 2.28. The molecule has 0 bridgehead atoms. The second-order valence-corrected chi connectivity index (χ2v) is 9.97. The molecule has 0 saturated carbocycles. The first kappa shape index (κ1) is 20.9. The van der Waals surface area contributed by atoms with Crippen molar-refractivity contribution in [2.24, 2.45) is 0 Å². The summed E-state index contributed by atoms with van der Waals surface area (Å²) in [5.41, 5.74) is 3.77. The molecule has 4 rings (SSSR count). The third-order valence-corrected chi connectivity index (χ3v) is 7.98. The molecule has 1 aromatic heterocycles. The maximum absolute atomic E-state index is 13.4. The molecule has 2 aliphatic heterocycles. The van der Waals surface area contributed by atoms with Crippen LogP contribution in [0.15, 0.2) is 29.4 Å². The van der Waals surface area contributed by atoms with Gasteiger partial charge in [0.1, 0.15) is 0 Å². The van der Waals surface area contributed by atoms with Crippen LogP contribution in [0.1, 0.15) is 35.3 Å². The second kappa shape index (κ2) is 7.70. The molecule has 162 valence electrons. The maximum Gasteiger partial charge on any atom is 0.263 e. The number of anilines is 1. The largest absolute Gasteiger partial charge is 0.369 e. The van der Waals surface area contributed by atoms with E-state index in [1.165, 1.54) is 20.1 Å². The van der Waals surface area contributed by atoms with Crippen LogP contribution in [0.25, 0.3) is 0 Å². The third-order valence-electron chi connectivity index (χ3n) is 6.14. The Hall–Kier alpha value is -2.39. The third kappa shape index (κ3) is 3.60. The van der Waals surface area contributed by atoms with Crippen molar-refractivity contribution in [1.29, 1.82) is 0 Å². The number of benzene rings is 1. The summed E-state index contributed by atoms with van der Waals surface area (Å²) in [6.45, 7) is 11.1. The summed E-state index contributed by atoms with van der Waals surface area (Å²) in [6, 6.07) is 6.35. The Labute approximate surface area is 178 Å². The second-order valence-electron chi connectivity index (χ2n) is 8.12. The first-order valence-corrected chi connectivity index (χ1v) is 11.9. The molecule has 1 aromatic carbocycles. The van der Waals surface area contributed by atoms with E-state index in [4.69, 9.17) is 0 Å². The summed E-state index contributed by atoms with van der Waals surface area (Å²) < 4.78 is 29.8. The van der Waals surface area contributed by atoms with Crippen LogP contribution in [-0.2, 0) is 16.6 Å². The molecule has 0 radical (unpaired) electrons. The van der Waals surface area contributed by atoms with Gasteiger partial charge in [-0.05, 0) is 44.9 Å². The minimum absolute atomic E-state index is 0.117. The zero-order valence-corrected chi connectivity index (χ0v) is 18.8. The van der Waals surface area contributed by atoms with Gasteiger partial charge in [-0.2, -0.15) is 9.40 Å². The smallest absolute Gasteiger partial charge is 0.263 e. The lowest BCUT2D eigenvalue weighted by Crippen LogP contribution is -2.49. The molecule has 1 amide bonds. The van der Waals surface area contributed by atoms with Crippen molar-refractivity contribution >= 4 is 21.6 Å². The number of aryl methyl sites for hydroxylation is 2. The van der Waals surface area contributed by atoms with Crippen LogP contribution in [0, 0.1) is 13.8 Å². The van der Waals surface area contributed by atoms with Gasteiger partial charge in [-0.3, -0.25) is 9.48 Å². The van der Waals surface area contributed by atoms with Crippen molar-refractivity contribution in [2.75, 3.05) is 37.6 Å². The van der Waals surface area contributed by atoms with Crippen LogP contribution in [0.2, 0.25) is 0 Å². The Morgan fingerprint density at radius 3 is 2.43 bits per heavy atom. The van der Waals surface area contributed by atoms with Crippen LogP contribution in [0.4, 0.5) is 5.69 Å². The van der Waals surface area contributed by atoms with Gasteiger partial charge in [0.15, 0.2) is 0 Å². The minimum atomic E-state index is -3.85. The number of hydrogen-bond donors (Lipinski definition) is 0. The van der Waals surface area contributed by atoms with E-state index < -0.39 is 10.0 Å². The number of carbonyl (C=O) groups excluding carboxylic acids is 1. The number of aromatic nitrogens is 2. The van der Waals surface area contributed by atoms with E-state index in [0.717, 1.165) is 5.69 Å². The summed E-state index contributed by atoms with van der Waals surface area (Å²) in [5.74, 6) is -0.255. The quantitative estimate of drug-likeness (QED) is 0.676. The van der Waals surface area contributed by atoms with Gasteiger partial charge in [0.05, 0.1) is 5.56 Å². The standard InChI is InChI=1S/C21H29N5O3S/c1-5-24-14-18(21(27)26-13-16(26)3)20(22-24)30(28,29)25-11-9-23(10-12-25)19-8-6-7-15(2)17(19)4/h6-8,14,16H,5,9-13H2,1-4H3. The number of hydrogen-bond acceptors (Lipinski definition) is 5. The molecule has 2 aromatic rings. The van der Waals surface area contributed by atoms with Crippen LogP contribution in [0.5, 0.6) is 0 Å². The van der Waals surface area contributed by atoms with Gasteiger partial charge in [0.2, 0.25) is 5.03 Å².